The van der Waals surface area contributed by atoms with E-state index in [1.807, 2.05) is 6.92 Å². The van der Waals surface area contributed by atoms with Gasteiger partial charge in [-0.25, -0.2) is 0 Å². The van der Waals surface area contributed by atoms with E-state index in [9.17, 15) is 9.90 Å². The SMILES string of the molecule is CCOCC(O)COc1c(Br)cc(C=O)cc1Br. The maximum Gasteiger partial charge on any atom is 0.150 e. The Balaban J connectivity index is 2.64. The lowest BCUT2D eigenvalue weighted by Crippen LogP contribution is -2.23. The zero-order valence-electron chi connectivity index (χ0n) is 9.86. The highest BCUT2D eigenvalue weighted by Crippen LogP contribution is 2.34. The third-order valence-electron chi connectivity index (χ3n) is 2.09. The molecule has 0 radical (unpaired) electrons. The average Bonchev–Trinajstić information content (AvgIpc) is 2.34. The van der Waals surface area contributed by atoms with Crippen molar-refractivity contribution in [2.24, 2.45) is 0 Å². The Labute approximate surface area is 123 Å². The van der Waals surface area contributed by atoms with Gasteiger partial charge in [-0.1, -0.05) is 0 Å². The third-order valence-corrected chi connectivity index (χ3v) is 3.27. The molecule has 0 fully saturated rings. The normalized spacial score (nSPS) is 12.2. The van der Waals surface area contributed by atoms with Gasteiger partial charge in [0.15, 0.2) is 0 Å². The fourth-order valence-corrected chi connectivity index (χ4v) is 2.72. The molecule has 0 saturated carbocycles. The number of aldehydes is 1. The van der Waals surface area contributed by atoms with Crippen molar-refractivity contribution in [3.05, 3.63) is 26.6 Å². The summed E-state index contributed by atoms with van der Waals surface area (Å²) >= 11 is 6.63. The zero-order chi connectivity index (χ0) is 13.5. The smallest absolute Gasteiger partial charge is 0.150 e. The van der Waals surface area contributed by atoms with Crippen molar-refractivity contribution in [2.75, 3.05) is 19.8 Å². The molecule has 1 N–H and O–H groups in total. The van der Waals surface area contributed by atoms with Gasteiger partial charge in [0.1, 0.15) is 24.7 Å². The molecular weight excluding hydrogens is 368 g/mol. The molecule has 0 spiro atoms. The molecule has 0 bridgehead atoms. The van der Waals surface area contributed by atoms with Crippen LogP contribution in [-0.4, -0.2) is 37.3 Å². The van der Waals surface area contributed by atoms with Gasteiger partial charge in [0.05, 0.1) is 15.6 Å². The number of benzene rings is 1. The summed E-state index contributed by atoms with van der Waals surface area (Å²) in [6.45, 7) is 2.77. The van der Waals surface area contributed by atoms with Crippen LogP contribution in [0.25, 0.3) is 0 Å². The number of hydrogen-bond acceptors (Lipinski definition) is 4. The van der Waals surface area contributed by atoms with E-state index < -0.39 is 6.10 Å². The van der Waals surface area contributed by atoms with Crippen molar-refractivity contribution in [3.63, 3.8) is 0 Å². The molecule has 0 heterocycles. The largest absolute Gasteiger partial charge is 0.488 e. The Morgan fingerprint density at radius 2 is 1.94 bits per heavy atom. The van der Waals surface area contributed by atoms with Gasteiger partial charge in [-0.05, 0) is 50.9 Å². The van der Waals surface area contributed by atoms with E-state index in [-0.39, 0.29) is 13.2 Å². The molecule has 1 aromatic carbocycles. The van der Waals surface area contributed by atoms with Crippen molar-refractivity contribution in [3.8, 4) is 5.75 Å². The van der Waals surface area contributed by atoms with Gasteiger partial charge in [-0.3, -0.25) is 4.79 Å². The minimum Gasteiger partial charge on any atom is -0.488 e. The summed E-state index contributed by atoms with van der Waals surface area (Å²) in [7, 11) is 0. The van der Waals surface area contributed by atoms with Crippen molar-refractivity contribution in [1.29, 1.82) is 0 Å². The average molecular weight is 382 g/mol. The number of carbonyl (C=O) groups excluding carboxylic acids is 1. The fraction of sp³-hybridized carbons (Fsp3) is 0.417. The van der Waals surface area contributed by atoms with E-state index in [2.05, 4.69) is 31.9 Å². The Hall–Kier alpha value is -0.430. The molecule has 100 valence electrons. The molecule has 0 amide bonds. The molecule has 6 heteroatoms. The molecule has 1 rings (SSSR count). The molecule has 1 atom stereocenters. The van der Waals surface area contributed by atoms with Crippen molar-refractivity contribution >= 4 is 38.1 Å². The predicted octanol–water partition coefficient (Wildman–Crippen LogP) is 2.80. The van der Waals surface area contributed by atoms with E-state index >= 15 is 0 Å². The van der Waals surface area contributed by atoms with Crippen LogP contribution in [0, 0.1) is 0 Å². The molecule has 0 aliphatic carbocycles. The molecule has 18 heavy (non-hydrogen) atoms. The van der Waals surface area contributed by atoms with Crippen LogP contribution in [0.3, 0.4) is 0 Å². The summed E-state index contributed by atoms with van der Waals surface area (Å²) in [5.41, 5.74) is 0.538. The van der Waals surface area contributed by atoms with Crippen molar-refractivity contribution in [2.45, 2.75) is 13.0 Å². The first-order valence-corrected chi connectivity index (χ1v) is 6.99. The van der Waals surface area contributed by atoms with Crippen LogP contribution in [0.4, 0.5) is 0 Å². The number of aliphatic hydroxyl groups excluding tert-OH is 1. The summed E-state index contributed by atoms with van der Waals surface area (Å²) in [5.74, 6) is 0.552. The van der Waals surface area contributed by atoms with E-state index in [1.165, 1.54) is 0 Å². The van der Waals surface area contributed by atoms with Gasteiger partial charge in [0.2, 0.25) is 0 Å². The first-order valence-electron chi connectivity index (χ1n) is 5.41. The summed E-state index contributed by atoms with van der Waals surface area (Å²) in [5, 5.41) is 9.59. The van der Waals surface area contributed by atoms with Crippen LogP contribution < -0.4 is 4.74 Å². The molecule has 0 aliphatic heterocycles. The van der Waals surface area contributed by atoms with Gasteiger partial charge >= 0.3 is 0 Å². The van der Waals surface area contributed by atoms with E-state index in [0.29, 0.717) is 26.9 Å². The number of carbonyl (C=O) groups is 1. The molecule has 4 nitrogen and oxygen atoms in total. The highest BCUT2D eigenvalue weighted by Gasteiger charge is 2.11. The van der Waals surface area contributed by atoms with Crippen LogP contribution >= 0.6 is 31.9 Å². The Kier molecular flexibility index (Phi) is 6.85. The van der Waals surface area contributed by atoms with Gasteiger partial charge < -0.3 is 14.6 Å². The first-order chi connectivity index (χ1) is 8.58. The second kappa shape index (κ2) is 7.89. The number of rotatable bonds is 7. The number of halogens is 2. The second-order valence-corrected chi connectivity index (χ2v) is 5.26. The number of ether oxygens (including phenoxy) is 2. The fourth-order valence-electron chi connectivity index (χ4n) is 1.27. The lowest BCUT2D eigenvalue weighted by atomic mass is 10.2. The minimum absolute atomic E-state index is 0.123. The van der Waals surface area contributed by atoms with E-state index in [4.69, 9.17) is 9.47 Å². The van der Waals surface area contributed by atoms with Crippen LogP contribution in [0.1, 0.15) is 17.3 Å². The molecule has 0 aliphatic rings. The number of aliphatic hydroxyl groups is 1. The van der Waals surface area contributed by atoms with Crippen molar-refractivity contribution in [1.82, 2.24) is 0 Å². The van der Waals surface area contributed by atoms with Crippen LogP contribution in [0.5, 0.6) is 5.75 Å². The third kappa shape index (κ3) is 4.68. The summed E-state index contributed by atoms with van der Waals surface area (Å²) in [6.07, 6.45) is 0.0676. The Morgan fingerprint density at radius 1 is 1.33 bits per heavy atom. The second-order valence-electron chi connectivity index (χ2n) is 3.56. The summed E-state index contributed by atoms with van der Waals surface area (Å²) < 4.78 is 11.9. The van der Waals surface area contributed by atoms with Crippen LogP contribution in [0.15, 0.2) is 21.1 Å². The molecule has 0 aromatic heterocycles. The molecule has 1 aromatic rings. The van der Waals surface area contributed by atoms with Gasteiger partial charge in [0.25, 0.3) is 0 Å². The topological polar surface area (TPSA) is 55.8 Å². The lowest BCUT2D eigenvalue weighted by Gasteiger charge is -2.14. The highest BCUT2D eigenvalue weighted by atomic mass is 79.9. The van der Waals surface area contributed by atoms with Gasteiger partial charge in [-0.2, -0.15) is 0 Å². The highest BCUT2D eigenvalue weighted by molar-refractivity contribution is 9.11. The van der Waals surface area contributed by atoms with Gasteiger partial charge in [-0.15, -0.1) is 0 Å². The Morgan fingerprint density at radius 3 is 2.44 bits per heavy atom. The number of hydrogen-bond donors (Lipinski definition) is 1. The molecular formula is C12H14Br2O4. The monoisotopic (exact) mass is 380 g/mol. The Bertz CT molecular complexity index is 386. The maximum absolute atomic E-state index is 10.7. The standard InChI is InChI=1S/C12H14Br2O4/c1-2-17-6-9(16)7-18-12-10(13)3-8(5-15)4-11(12)14/h3-5,9,16H,2,6-7H2,1H3. The molecule has 0 saturated heterocycles. The predicted molar refractivity (Wildman–Crippen MR) is 75.2 cm³/mol. The van der Waals surface area contributed by atoms with Crippen LogP contribution in [0.2, 0.25) is 0 Å². The maximum atomic E-state index is 10.7. The summed E-state index contributed by atoms with van der Waals surface area (Å²) in [6, 6.07) is 3.31. The lowest BCUT2D eigenvalue weighted by molar-refractivity contribution is 0.0161. The zero-order valence-corrected chi connectivity index (χ0v) is 13.0. The summed E-state index contributed by atoms with van der Waals surface area (Å²) in [4.78, 5) is 10.7. The quantitative estimate of drug-likeness (QED) is 0.738. The van der Waals surface area contributed by atoms with E-state index in [0.717, 1.165) is 6.29 Å². The van der Waals surface area contributed by atoms with Crippen LogP contribution in [-0.2, 0) is 4.74 Å². The minimum atomic E-state index is -0.686. The van der Waals surface area contributed by atoms with E-state index in [1.54, 1.807) is 12.1 Å². The van der Waals surface area contributed by atoms with Crippen molar-refractivity contribution < 1.29 is 19.4 Å². The van der Waals surface area contributed by atoms with Gasteiger partial charge in [0, 0.05) is 12.2 Å². The molecule has 1 unspecified atom stereocenters. The first kappa shape index (κ1) is 15.6.